The van der Waals surface area contributed by atoms with Gasteiger partial charge in [0.05, 0.1) is 6.54 Å². The smallest absolute Gasteiger partial charge is 0.326 e. The van der Waals surface area contributed by atoms with Crippen molar-refractivity contribution in [2.45, 2.75) is 38.9 Å². The molecular formula is C28H28N4O5. The van der Waals surface area contributed by atoms with Gasteiger partial charge in [-0.3, -0.25) is 24.5 Å². The number of hydrogen-bond donors (Lipinski definition) is 3. The number of rotatable bonds is 9. The molecular weight excluding hydrogens is 472 g/mol. The van der Waals surface area contributed by atoms with Crippen LogP contribution < -0.4 is 10.8 Å². The van der Waals surface area contributed by atoms with Crippen molar-refractivity contribution >= 4 is 29.4 Å². The molecule has 0 radical (unpaired) electrons. The number of anilines is 1. The van der Waals surface area contributed by atoms with E-state index in [-0.39, 0.29) is 49.3 Å². The summed E-state index contributed by atoms with van der Waals surface area (Å²) in [7, 11) is 0. The molecule has 190 valence electrons. The number of urea groups is 1. The van der Waals surface area contributed by atoms with Crippen LogP contribution in [0.25, 0.3) is 0 Å². The van der Waals surface area contributed by atoms with Gasteiger partial charge in [-0.05, 0) is 48.7 Å². The molecule has 1 atom stereocenters. The Hall–Kier alpha value is -4.50. The quantitative estimate of drug-likeness (QED) is 0.234. The highest BCUT2D eigenvalue weighted by molar-refractivity contribution is 6.04. The Morgan fingerprint density at radius 2 is 1.51 bits per heavy atom. The molecule has 0 bridgehead atoms. The molecule has 1 aliphatic heterocycles. The lowest BCUT2D eigenvalue weighted by molar-refractivity contribution is -0.129. The van der Waals surface area contributed by atoms with Gasteiger partial charge in [-0.25, -0.2) is 10.3 Å². The second-order valence-electron chi connectivity index (χ2n) is 8.93. The van der Waals surface area contributed by atoms with E-state index in [1.165, 1.54) is 34.1 Å². The zero-order chi connectivity index (χ0) is 26.4. The number of nitrogens with one attached hydrogen (secondary N) is 2. The molecule has 0 aliphatic carbocycles. The minimum Gasteiger partial charge on any atom is -0.326 e. The van der Waals surface area contributed by atoms with E-state index >= 15 is 0 Å². The summed E-state index contributed by atoms with van der Waals surface area (Å²) >= 11 is 0. The average molecular weight is 501 g/mol. The predicted molar refractivity (Wildman–Crippen MR) is 136 cm³/mol. The standard InChI is InChI=1S/C28H28N4O5/c1-19-7-9-21(10-8-19)17-31-24(27(35)32(28(31)36)18-20-5-3-2-4-6-20)15-16-25(33)29-23-13-11-22(12-14-23)26(34)30-37/h2-14,24,37H,15-18H2,1H3,(H,29,33)(H,30,34). The van der Waals surface area contributed by atoms with Gasteiger partial charge in [-0.15, -0.1) is 0 Å². The fourth-order valence-corrected chi connectivity index (χ4v) is 4.22. The summed E-state index contributed by atoms with van der Waals surface area (Å²) in [5.41, 5.74) is 5.09. The topological polar surface area (TPSA) is 119 Å². The van der Waals surface area contributed by atoms with Crippen molar-refractivity contribution in [2.75, 3.05) is 5.32 Å². The third-order valence-corrected chi connectivity index (χ3v) is 6.24. The Labute approximate surface area is 214 Å². The van der Waals surface area contributed by atoms with Gasteiger partial charge in [0.25, 0.3) is 11.8 Å². The zero-order valence-electron chi connectivity index (χ0n) is 20.4. The first-order chi connectivity index (χ1) is 17.9. The van der Waals surface area contributed by atoms with Crippen LogP contribution in [0.2, 0.25) is 0 Å². The van der Waals surface area contributed by atoms with Gasteiger partial charge in [0.2, 0.25) is 5.91 Å². The molecule has 3 aromatic carbocycles. The van der Waals surface area contributed by atoms with Crippen molar-refractivity contribution in [2.24, 2.45) is 0 Å². The van der Waals surface area contributed by atoms with Gasteiger partial charge >= 0.3 is 6.03 Å². The molecule has 1 heterocycles. The van der Waals surface area contributed by atoms with Gasteiger partial charge in [-0.1, -0.05) is 60.2 Å². The molecule has 0 saturated carbocycles. The van der Waals surface area contributed by atoms with Crippen LogP contribution in [0, 0.1) is 6.92 Å². The van der Waals surface area contributed by atoms with Crippen LogP contribution >= 0.6 is 0 Å². The fraction of sp³-hybridized carbons (Fsp3) is 0.214. The molecule has 0 aromatic heterocycles. The van der Waals surface area contributed by atoms with Crippen LogP contribution in [0.4, 0.5) is 10.5 Å². The summed E-state index contributed by atoms with van der Waals surface area (Å²) in [6, 6.07) is 21.9. The van der Waals surface area contributed by atoms with Crippen molar-refractivity contribution in [3.8, 4) is 0 Å². The van der Waals surface area contributed by atoms with E-state index in [4.69, 9.17) is 5.21 Å². The van der Waals surface area contributed by atoms with Gasteiger partial charge < -0.3 is 10.2 Å². The van der Waals surface area contributed by atoms with Crippen molar-refractivity contribution in [3.05, 3.63) is 101 Å². The number of imide groups is 1. The Morgan fingerprint density at radius 1 is 0.865 bits per heavy atom. The molecule has 1 fully saturated rings. The van der Waals surface area contributed by atoms with E-state index in [1.807, 2.05) is 61.5 Å². The lowest BCUT2D eigenvalue weighted by atomic mass is 10.1. The predicted octanol–water partition coefficient (Wildman–Crippen LogP) is 3.87. The maximum Gasteiger partial charge on any atom is 0.328 e. The van der Waals surface area contributed by atoms with Gasteiger partial charge in [-0.2, -0.15) is 0 Å². The van der Waals surface area contributed by atoms with Gasteiger partial charge in [0.15, 0.2) is 0 Å². The van der Waals surface area contributed by atoms with Gasteiger partial charge in [0, 0.05) is 24.2 Å². The largest absolute Gasteiger partial charge is 0.328 e. The Morgan fingerprint density at radius 3 is 2.16 bits per heavy atom. The van der Waals surface area contributed by atoms with Crippen molar-refractivity contribution in [3.63, 3.8) is 0 Å². The van der Waals surface area contributed by atoms with Crippen molar-refractivity contribution in [1.29, 1.82) is 0 Å². The second-order valence-corrected chi connectivity index (χ2v) is 8.93. The number of nitrogens with zero attached hydrogens (tertiary/aromatic N) is 2. The number of aryl methyl sites for hydroxylation is 1. The van der Waals surface area contributed by atoms with E-state index < -0.39 is 11.9 Å². The minimum absolute atomic E-state index is 0.0200. The van der Waals surface area contributed by atoms with Crippen molar-refractivity contribution < 1.29 is 24.4 Å². The maximum atomic E-state index is 13.3. The summed E-state index contributed by atoms with van der Waals surface area (Å²) in [4.78, 5) is 53.6. The third kappa shape index (κ3) is 6.20. The molecule has 1 aliphatic rings. The fourth-order valence-electron chi connectivity index (χ4n) is 4.22. The molecule has 0 spiro atoms. The lowest BCUT2D eigenvalue weighted by Gasteiger charge is -2.22. The van der Waals surface area contributed by atoms with Crippen LogP contribution in [0.1, 0.15) is 39.9 Å². The normalized spacial score (nSPS) is 15.1. The number of carbonyl (C=O) groups is 4. The van der Waals surface area contributed by atoms with Crippen LogP contribution in [0.15, 0.2) is 78.9 Å². The van der Waals surface area contributed by atoms with E-state index in [0.29, 0.717) is 5.69 Å². The second kappa shape index (κ2) is 11.5. The highest BCUT2D eigenvalue weighted by Crippen LogP contribution is 2.26. The molecule has 1 saturated heterocycles. The van der Waals surface area contributed by atoms with Crippen molar-refractivity contribution in [1.82, 2.24) is 15.3 Å². The van der Waals surface area contributed by atoms with Gasteiger partial charge in [0.1, 0.15) is 6.04 Å². The third-order valence-electron chi connectivity index (χ3n) is 6.24. The first kappa shape index (κ1) is 25.6. The summed E-state index contributed by atoms with van der Waals surface area (Å²) in [6.45, 7) is 2.41. The van der Waals surface area contributed by atoms with Crippen LogP contribution in [-0.2, 0) is 22.7 Å². The van der Waals surface area contributed by atoms with E-state index in [0.717, 1.165) is 16.7 Å². The molecule has 4 rings (SSSR count). The summed E-state index contributed by atoms with van der Waals surface area (Å²) in [5, 5.41) is 11.5. The summed E-state index contributed by atoms with van der Waals surface area (Å²) < 4.78 is 0. The highest BCUT2D eigenvalue weighted by Gasteiger charge is 2.44. The first-order valence-corrected chi connectivity index (χ1v) is 11.9. The molecule has 1 unspecified atom stereocenters. The van der Waals surface area contributed by atoms with E-state index in [9.17, 15) is 19.2 Å². The molecule has 5 amide bonds. The SMILES string of the molecule is Cc1ccc(CN2C(=O)N(Cc3ccccc3)C(=O)C2CCC(=O)Nc2ccc(C(=O)NO)cc2)cc1. The highest BCUT2D eigenvalue weighted by atomic mass is 16.5. The van der Waals surface area contributed by atoms with Crippen LogP contribution in [0.5, 0.6) is 0 Å². The number of amides is 5. The van der Waals surface area contributed by atoms with Crippen LogP contribution in [-0.4, -0.2) is 44.8 Å². The Balaban J connectivity index is 1.46. The maximum absolute atomic E-state index is 13.3. The number of hydrogen-bond acceptors (Lipinski definition) is 5. The number of benzene rings is 3. The molecule has 9 heteroatoms. The Bertz CT molecular complexity index is 1280. The lowest BCUT2D eigenvalue weighted by Crippen LogP contribution is -2.35. The zero-order valence-corrected chi connectivity index (χ0v) is 20.4. The van der Waals surface area contributed by atoms with Crippen LogP contribution in [0.3, 0.4) is 0 Å². The molecule has 3 aromatic rings. The summed E-state index contributed by atoms with van der Waals surface area (Å²) in [6.07, 6.45) is 0.185. The molecule has 37 heavy (non-hydrogen) atoms. The summed E-state index contributed by atoms with van der Waals surface area (Å²) in [5.74, 6) is -1.31. The molecule has 3 N–H and O–H groups in total. The number of hydroxylamine groups is 1. The first-order valence-electron chi connectivity index (χ1n) is 11.9. The van der Waals surface area contributed by atoms with E-state index in [2.05, 4.69) is 5.32 Å². The number of carbonyl (C=O) groups excluding carboxylic acids is 4. The molecule has 9 nitrogen and oxygen atoms in total. The monoisotopic (exact) mass is 500 g/mol. The van der Waals surface area contributed by atoms with E-state index in [1.54, 1.807) is 5.48 Å². The average Bonchev–Trinajstić information content (AvgIpc) is 3.13. The minimum atomic E-state index is -0.765. The Kier molecular flexibility index (Phi) is 7.95.